The number of carbonyl (C=O) groups excluding carboxylic acids is 1. The number of amides is 1. The number of hydrogen-bond acceptors (Lipinski definition) is 8. The third-order valence-corrected chi connectivity index (χ3v) is 12.1. The Balaban J connectivity index is 2.28. The first-order valence-electron chi connectivity index (χ1n) is 28.1. The summed E-state index contributed by atoms with van der Waals surface area (Å²) in [7, 11) is 0. The summed E-state index contributed by atoms with van der Waals surface area (Å²) < 4.78 is 11.2. The molecule has 1 fully saturated rings. The van der Waals surface area contributed by atoms with E-state index in [4.69, 9.17) is 9.47 Å². The molecule has 0 aromatic heterocycles. The number of carbonyl (C=O) groups is 1. The van der Waals surface area contributed by atoms with E-state index in [2.05, 4.69) is 153 Å². The van der Waals surface area contributed by atoms with E-state index in [1.165, 1.54) is 38.5 Å². The molecule has 1 saturated heterocycles. The normalized spacial score (nSPS) is 20.3. The van der Waals surface area contributed by atoms with E-state index in [-0.39, 0.29) is 12.5 Å². The molecule has 1 amide bonds. The number of aliphatic hydroxyl groups is 5. The smallest absolute Gasteiger partial charge is 0.220 e. The Hall–Kier alpha value is -3.93. The first-order chi connectivity index (χ1) is 35.3. The van der Waals surface area contributed by atoms with E-state index >= 15 is 0 Å². The van der Waals surface area contributed by atoms with Gasteiger partial charge in [-0.05, 0) is 116 Å². The fraction of sp³-hybridized carbons (Fsp3) is 0.603. The molecule has 0 bridgehead atoms. The average molecular weight is 1000 g/mol. The Morgan fingerprint density at radius 2 is 0.875 bits per heavy atom. The lowest BCUT2D eigenvalue weighted by atomic mass is 9.99. The predicted octanol–water partition coefficient (Wildman–Crippen LogP) is 13.9. The van der Waals surface area contributed by atoms with Gasteiger partial charge < -0.3 is 40.3 Å². The van der Waals surface area contributed by atoms with Crippen molar-refractivity contribution in [2.45, 2.75) is 230 Å². The minimum absolute atomic E-state index is 0.217. The summed E-state index contributed by atoms with van der Waals surface area (Å²) in [5, 5.41) is 54.4. The van der Waals surface area contributed by atoms with Gasteiger partial charge in [0.1, 0.15) is 24.4 Å². The number of rotatable bonds is 45. The Bertz CT molecular complexity index is 1630. The number of ether oxygens (including phenoxy) is 2. The lowest BCUT2D eigenvalue weighted by molar-refractivity contribution is -0.302. The molecule has 9 nitrogen and oxygen atoms in total. The minimum Gasteiger partial charge on any atom is -0.394 e. The molecule has 1 aliphatic rings. The minimum atomic E-state index is -1.59. The molecular weight excluding hydrogens is 899 g/mol. The Kier molecular flexibility index (Phi) is 46.4. The van der Waals surface area contributed by atoms with Crippen LogP contribution in [0.4, 0.5) is 0 Å². The van der Waals surface area contributed by atoms with Gasteiger partial charge in [-0.15, -0.1) is 0 Å². The van der Waals surface area contributed by atoms with Gasteiger partial charge in [0.05, 0.1) is 25.4 Å². The van der Waals surface area contributed by atoms with Crippen LogP contribution in [0.2, 0.25) is 0 Å². The molecule has 0 saturated carbocycles. The van der Waals surface area contributed by atoms with Crippen LogP contribution in [-0.2, 0) is 14.3 Å². The van der Waals surface area contributed by atoms with Gasteiger partial charge in [0.15, 0.2) is 6.29 Å². The standard InChI is InChI=1S/C63H101NO8/c1-3-5-7-9-11-13-15-17-19-21-22-23-24-25-26-27-28-29-30-31-32-33-34-35-36-37-39-41-43-45-47-49-51-53-59(67)64-56(55-71-63-62(70)61(69)60(68)58(54-65)72-63)57(66)52-50-48-46-44-42-40-38-20-18-16-14-12-10-8-6-4-2/h5,7,11,13,17-20,22-23,25-26,28-29,31-32,34-35,37,39,42,44,50,52,56-58,60-63,65-66,68-70H,3-4,6,8-10,12,14-16,21,24,27,30,33,36,38,40-41,43,45-49,51,53-55H2,1-2H3,(H,64,67)/b7-5-,13-11-,19-17-,20-18+,23-22-,26-25-,29-28-,32-31-,35-34-,39-37-,44-42+,52-50+. The lowest BCUT2D eigenvalue weighted by Crippen LogP contribution is -2.60. The molecule has 1 aliphatic heterocycles. The fourth-order valence-electron chi connectivity index (χ4n) is 7.71. The second-order valence-electron chi connectivity index (χ2n) is 18.6. The maximum atomic E-state index is 13.0. The molecule has 406 valence electrons. The number of nitrogens with one attached hydrogen (secondary N) is 1. The zero-order valence-corrected chi connectivity index (χ0v) is 44.9. The quantitative estimate of drug-likeness (QED) is 0.0261. The van der Waals surface area contributed by atoms with E-state index in [0.717, 1.165) is 122 Å². The van der Waals surface area contributed by atoms with Crippen molar-refractivity contribution in [1.82, 2.24) is 5.32 Å². The number of aliphatic hydroxyl groups excluding tert-OH is 5. The highest BCUT2D eigenvalue weighted by Gasteiger charge is 2.44. The molecule has 0 aliphatic carbocycles. The van der Waals surface area contributed by atoms with E-state index < -0.39 is 49.5 Å². The molecule has 0 aromatic rings. The van der Waals surface area contributed by atoms with Gasteiger partial charge in [-0.3, -0.25) is 4.79 Å². The molecule has 7 atom stereocenters. The molecular formula is C63H101NO8. The van der Waals surface area contributed by atoms with Crippen LogP contribution in [-0.4, -0.2) is 87.5 Å². The Labute approximate surface area is 438 Å². The van der Waals surface area contributed by atoms with Gasteiger partial charge in [0.2, 0.25) is 5.91 Å². The van der Waals surface area contributed by atoms with Crippen molar-refractivity contribution in [3.05, 3.63) is 146 Å². The monoisotopic (exact) mass is 1000 g/mol. The predicted molar refractivity (Wildman–Crippen MR) is 303 cm³/mol. The van der Waals surface area contributed by atoms with Gasteiger partial charge >= 0.3 is 0 Å². The van der Waals surface area contributed by atoms with Crippen LogP contribution >= 0.6 is 0 Å². The SMILES string of the molecule is CC/C=C\C/C=C\C/C=C\C/C=C\C/C=C\C/C=C\C/C=C\C/C=C\C/C=C\CCCCCCCC(=O)NC(COC1OC(CO)C(O)C(O)C1O)C(O)/C=C/CC/C=C/CC/C=C/CCCCCCCC. The van der Waals surface area contributed by atoms with Crippen molar-refractivity contribution in [2.24, 2.45) is 0 Å². The highest BCUT2D eigenvalue weighted by molar-refractivity contribution is 5.76. The number of allylic oxidation sites excluding steroid dienone is 23. The Morgan fingerprint density at radius 1 is 0.486 bits per heavy atom. The van der Waals surface area contributed by atoms with Gasteiger partial charge in [-0.25, -0.2) is 0 Å². The van der Waals surface area contributed by atoms with Crippen LogP contribution < -0.4 is 5.32 Å². The molecule has 7 unspecified atom stereocenters. The van der Waals surface area contributed by atoms with Gasteiger partial charge in [-0.2, -0.15) is 0 Å². The summed E-state index contributed by atoms with van der Waals surface area (Å²) in [5.41, 5.74) is 0. The van der Waals surface area contributed by atoms with E-state index in [9.17, 15) is 30.3 Å². The first kappa shape index (κ1) is 66.1. The lowest BCUT2D eigenvalue weighted by Gasteiger charge is -2.40. The second kappa shape index (κ2) is 50.6. The van der Waals surface area contributed by atoms with Crippen molar-refractivity contribution < 1.29 is 39.8 Å². The van der Waals surface area contributed by atoms with Gasteiger partial charge in [-0.1, -0.05) is 211 Å². The number of unbranched alkanes of at least 4 members (excludes halogenated alkanes) is 13. The van der Waals surface area contributed by atoms with Crippen LogP contribution in [0, 0.1) is 0 Å². The van der Waals surface area contributed by atoms with Gasteiger partial charge in [0.25, 0.3) is 0 Å². The fourth-order valence-corrected chi connectivity index (χ4v) is 7.71. The number of hydrogen-bond donors (Lipinski definition) is 6. The van der Waals surface area contributed by atoms with Crippen LogP contribution in [0.5, 0.6) is 0 Å². The average Bonchev–Trinajstić information content (AvgIpc) is 3.38. The van der Waals surface area contributed by atoms with Crippen LogP contribution in [0.3, 0.4) is 0 Å². The summed E-state index contributed by atoms with van der Waals surface area (Å²) in [5.74, 6) is -0.217. The maximum Gasteiger partial charge on any atom is 0.220 e. The largest absolute Gasteiger partial charge is 0.394 e. The van der Waals surface area contributed by atoms with E-state index in [1.54, 1.807) is 6.08 Å². The molecule has 0 spiro atoms. The third kappa shape index (κ3) is 39.6. The second-order valence-corrected chi connectivity index (χ2v) is 18.6. The molecule has 9 heteroatoms. The first-order valence-corrected chi connectivity index (χ1v) is 28.1. The zero-order valence-electron chi connectivity index (χ0n) is 44.9. The highest BCUT2D eigenvalue weighted by atomic mass is 16.7. The molecule has 0 radical (unpaired) electrons. The van der Waals surface area contributed by atoms with Crippen molar-refractivity contribution in [2.75, 3.05) is 13.2 Å². The Morgan fingerprint density at radius 3 is 1.33 bits per heavy atom. The topological polar surface area (TPSA) is 149 Å². The van der Waals surface area contributed by atoms with Crippen molar-refractivity contribution in [3.8, 4) is 0 Å². The van der Waals surface area contributed by atoms with Crippen LogP contribution in [0.25, 0.3) is 0 Å². The molecule has 1 heterocycles. The third-order valence-electron chi connectivity index (χ3n) is 12.1. The summed E-state index contributed by atoms with van der Waals surface area (Å²) in [6.45, 7) is 3.60. The molecule has 6 N–H and O–H groups in total. The van der Waals surface area contributed by atoms with Crippen molar-refractivity contribution >= 4 is 5.91 Å². The van der Waals surface area contributed by atoms with Crippen molar-refractivity contribution in [3.63, 3.8) is 0 Å². The van der Waals surface area contributed by atoms with Crippen molar-refractivity contribution in [1.29, 1.82) is 0 Å². The molecule has 0 aromatic carbocycles. The summed E-state index contributed by atoms with van der Waals surface area (Å²) in [6, 6.07) is -0.850. The summed E-state index contributed by atoms with van der Waals surface area (Å²) in [4.78, 5) is 13.0. The summed E-state index contributed by atoms with van der Waals surface area (Å²) >= 11 is 0. The van der Waals surface area contributed by atoms with Crippen LogP contribution in [0.15, 0.2) is 146 Å². The molecule has 1 rings (SSSR count). The zero-order chi connectivity index (χ0) is 52.2. The maximum absolute atomic E-state index is 13.0. The molecule has 72 heavy (non-hydrogen) atoms. The summed E-state index contributed by atoms with van der Waals surface area (Å²) in [6.07, 6.45) is 71.9. The van der Waals surface area contributed by atoms with Gasteiger partial charge in [0, 0.05) is 6.42 Å². The van der Waals surface area contributed by atoms with E-state index in [1.807, 2.05) is 6.08 Å². The van der Waals surface area contributed by atoms with Crippen LogP contribution in [0.1, 0.15) is 187 Å². The van der Waals surface area contributed by atoms with E-state index in [0.29, 0.717) is 12.8 Å². The highest BCUT2D eigenvalue weighted by Crippen LogP contribution is 2.22.